The minimum Gasteiger partial charge on any atom is -0.403 e. The Kier molecular flexibility index (Phi) is 4.74. The molecule has 0 fully saturated rings. The second kappa shape index (κ2) is 4.76. The van der Waals surface area contributed by atoms with Crippen molar-refractivity contribution in [1.82, 2.24) is 0 Å². The molecule has 62 valence electrons. The molecule has 0 N–H and O–H groups in total. The van der Waals surface area contributed by atoms with Crippen LogP contribution in [0, 0.1) is 11.1 Å². The zero-order chi connectivity index (χ0) is 8.91. The van der Waals surface area contributed by atoms with Gasteiger partial charge in [-0.25, -0.2) is 0 Å². The zero-order valence-electron chi connectivity index (χ0n) is 7.99. The van der Waals surface area contributed by atoms with Crippen molar-refractivity contribution >= 4 is 17.8 Å². The van der Waals surface area contributed by atoms with Crippen LogP contribution in [0.4, 0.5) is 0 Å². The average Bonchev–Trinajstić information content (AvgIpc) is 1.78. The maximum absolute atomic E-state index is 5.31. The summed E-state index contributed by atoms with van der Waals surface area (Å²) >= 11 is 0. The molecular weight excluding hydrogens is 168 g/mol. The lowest BCUT2D eigenvalue weighted by atomic mass is 10.5. The van der Waals surface area contributed by atoms with E-state index in [0.717, 1.165) is 0 Å². The van der Waals surface area contributed by atoms with Crippen LogP contribution in [-0.4, -0.2) is 23.9 Å². The Morgan fingerprint density at radius 1 is 1.27 bits per heavy atom. The first-order valence-corrected chi connectivity index (χ1v) is 8.25. The molecule has 0 spiro atoms. The maximum atomic E-state index is 5.31. The Balaban J connectivity index is 3.57. The number of hydrogen-bond acceptors (Lipinski definition) is 1. The van der Waals surface area contributed by atoms with Gasteiger partial charge >= 0.3 is 9.76 Å². The fourth-order valence-corrected chi connectivity index (χ4v) is 2.36. The smallest absolute Gasteiger partial charge is 0.332 e. The molecule has 2 radical (unpaired) electrons. The van der Waals surface area contributed by atoms with Gasteiger partial charge in [0.15, 0.2) is 0 Å². The second-order valence-electron chi connectivity index (χ2n) is 3.77. The van der Waals surface area contributed by atoms with E-state index in [4.69, 9.17) is 4.43 Å². The van der Waals surface area contributed by atoms with E-state index in [1.54, 1.807) is 0 Å². The highest BCUT2D eigenvalue weighted by atomic mass is 28.3. The first-order chi connectivity index (χ1) is 4.92. The molecule has 0 atom stereocenters. The summed E-state index contributed by atoms with van der Waals surface area (Å²) in [6.45, 7) is 10.8. The summed E-state index contributed by atoms with van der Waals surface area (Å²) in [7, 11) is -0.804. The minimum atomic E-state index is -1.16. The molecule has 1 nitrogen and oxygen atoms in total. The quantitative estimate of drug-likeness (QED) is 0.470. The number of rotatable bonds is 2. The fourth-order valence-electron chi connectivity index (χ4n) is 0.360. The molecule has 0 amide bonds. The lowest BCUT2D eigenvalue weighted by molar-refractivity contribution is 0.261. The van der Waals surface area contributed by atoms with Crippen LogP contribution in [0.1, 0.15) is 13.8 Å². The normalized spacial score (nSPS) is 11.1. The third-order valence-electron chi connectivity index (χ3n) is 0.783. The first-order valence-electron chi connectivity index (χ1n) is 3.84. The van der Waals surface area contributed by atoms with Crippen molar-refractivity contribution in [2.45, 2.75) is 39.6 Å². The van der Waals surface area contributed by atoms with E-state index in [9.17, 15) is 0 Å². The van der Waals surface area contributed by atoms with Crippen LogP contribution in [0.2, 0.25) is 19.6 Å². The molecule has 0 aliphatic rings. The Morgan fingerprint density at radius 2 is 1.82 bits per heavy atom. The van der Waals surface area contributed by atoms with Crippen molar-refractivity contribution in [1.29, 1.82) is 0 Å². The minimum absolute atomic E-state index is 0.310. The maximum Gasteiger partial charge on any atom is 0.332 e. The Labute approximate surface area is 73.5 Å². The molecule has 0 bridgehead atoms. The summed E-state index contributed by atoms with van der Waals surface area (Å²) in [5.74, 6) is 0. The van der Waals surface area contributed by atoms with Gasteiger partial charge in [-0.3, -0.25) is 0 Å². The largest absolute Gasteiger partial charge is 0.403 e. The monoisotopic (exact) mass is 184 g/mol. The highest BCUT2D eigenvalue weighted by Crippen LogP contribution is 1.95. The van der Waals surface area contributed by atoms with Gasteiger partial charge in [-0.05, 0) is 13.8 Å². The van der Waals surface area contributed by atoms with Crippen LogP contribution >= 0.6 is 0 Å². The summed E-state index contributed by atoms with van der Waals surface area (Å²) < 4.78 is 5.31. The fraction of sp³-hybridized carbons (Fsp3) is 0.750. The highest BCUT2D eigenvalue weighted by molar-refractivity contribution is 6.84. The van der Waals surface area contributed by atoms with Gasteiger partial charge in [0, 0.05) is 6.10 Å². The highest BCUT2D eigenvalue weighted by Gasteiger charge is 2.07. The van der Waals surface area contributed by atoms with Crippen LogP contribution in [0.5, 0.6) is 0 Å². The van der Waals surface area contributed by atoms with Gasteiger partial charge in [0.2, 0.25) is 0 Å². The van der Waals surface area contributed by atoms with Crippen molar-refractivity contribution in [2.24, 2.45) is 0 Å². The van der Waals surface area contributed by atoms with Crippen molar-refractivity contribution in [3.63, 3.8) is 0 Å². The van der Waals surface area contributed by atoms with E-state index in [1.165, 1.54) is 0 Å². The molecule has 0 heterocycles. The van der Waals surface area contributed by atoms with Gasteiger partial charge in [0.25, 0.3) is 0 Å². The van der Waals surface area contributed by atoms with Crippen molar-refractivity contribution in [3.8, 4) is 11.1 Å². The van der Waals surface area contributed by atoms with Gasteiger partial charge in [0.05, 0.1) is 0 Å². The van der Waals surface area contributed by atoms with Crippen LogP contribution in [-0.2, 0) is 4.43 Å². The molecule has 0 unspecified atom stereocenters. The molecule has 0 rings (SSSR count). The zero-order valence-corrected chi connectivity index (χ0v) is 9.99. The molecule has 0 saturated heterocycles. The number of hydrogen-bond donors (Lipinski definition) is 0. The van der Waals surface area contributed by atoms with Crippen molar-refractivity contribution in [3.05, 3.63) is 0 Å². The second-order valence-corrected chi connectivity index (χ2v) is 9.21. The molecule has 0 aromatic carbocycles. The van der Waals surface area contributed by atoms with E-state index in [0.29, 0.717) is 15.9 Å². The average molecular weight is 184 g/mol. The van der Waals surface area contributed by atoms with Crippen LogP contribution < -0.4 is 0 Å². The Bertz CT molecular complexity index is 159. The summed E-state index contributed by atoms with van der Waals surface area (Å²) in [6.07, 6.45) is 0.310. The van der Waals surface area contributed by atoms with E-state index in [2.05, 4.69) is 30.7 Å². The summed E-state index contributed by atoms with van der Waals surface area (Å²) in [5, 5.41) is 0. The van der Waals surface area contributed by atoms with Gasteiger partial charge in [-0.15, -0.1) is 11.1 Å². The molecule has 0 aromatic rings. The third-order valence-corrected chi connectivity index (χ3v) is 2.72. The van der Waals surface area contributed by atoms with E-state index < -0.39 is 8.07 Å². The van der Waals surface area contributed by atoms with Crippen molar-refractivity contribution < 1.29 is 4.43 Å². The predicted octanol–water partition coefficient (Wildman–Crippen LogP) is 1.87. The van der Waals surface area contributed by atoms with Crippen molar-refractivity contribution in [2.75, 3.05) is 0 Å². The predicted molar refractivity (Wildman–Crippen MR) is 53.1 cm³/mol. The Morgan fingerprint density at radius 3 is 2.18 bits per heavy atom. The van der Waals surface area contributed by atoms with Gasteiger partial charge in [0.1, 0.15) is 8.07 Å². The summed E-state index contributed by atoms with van der Waals surface area (Å²) in [4.78, 5) is 0. The molecular formula is C8H16OSi2. The SMILES string of the molecule is CC(C)O[Si]C#C[Si](C)(C)C. The van der Waals surface area contributed by atoms with Gasteiger partial charge < -0.3 is 4.43 Å². The van der Waals surface area contributed by atoms with E-state index in [-0.39, 0.29) is 0 Å². The van der Waals surface area contributed by atoms with E-state index in [1.807, 2.05) is 13.8 Å². The molecule has 0 aliphatic heterocycles. The standard InChI is InChI=1S/C8H16OSi2/c1-8(2)9-10-6-7-11(3,4)5/h8H,1-5H3. The summed E-state index contributed by atoms with van der Waals surface area (Å²) in [5.41, 5.74) is 6.33. The molecule has 3 heteroatoms. The van der Waals surface area contributed by atoms with Crippen LogP contribution in [0.15, 0.2) is 0 Å². The molecule has 11 heavy (non-hydrogen) atoms. The Hall–Kier alpha value is -0.0462. The molecule has 0 aliphatic carbocycles. The molecule has 0 saturated carbocycles. The lowest BCUT2D eigenvalue weighted by Crippen LogP contribution is -2.17. The summed E-state index contributed by atoms with van der Waals surface area (Å²) in [6, 6.07) is 0. The lowest BCUT2D eigenvalue weighted by Gasteiger charge is -2.04. The van der Waals surface area contributed by atoms with Crippen LogP contribution in [0.3, 0.4) is 0 Å². The van der Waals surface area contributed by atoms with Gasteiger partial charge in [-0.2, -0.15) is 0 Å². The molecule has 0 aromatic heterocycles. The van der Waals surface area contributed by atoms with Gasteiger partial charge in [-0.1, -0.05) is 19.6 Å². The van der Waals surface area contributed by atoms with E-state index >= 15 is 0 Å². The third kappa shape index (κ3) is 9.95. The topological polar surface area (TPSA) is 9.23 Å². The first kappa shape index (κ1) is 11.0. The van der Waals surface area contributed by atoms with Crippen LogP contribution in [0.25, 0.3) is 0 Å².